The van der Waals surface area contributed by atoms with E-state index in [-0.39, 0.29) is 17.3 Å². The van der Waals surface area contributed by atoms with Gasteiger partial charge in [-0.1, -0.05) is 6.07 Å². The first-order valence-corrected chi connectivity index (χ1v) is 6.25. The van der Waals surface area contributed by atoms with Crippen molar-refractivity contribution < 1.29 is 8.78 Å². The number of aromatic nitrogens is 2. The van der Waals surface area contributed by atoms with Crippen LogP contribution < -0.4 is 5.73 Å². The molecule has 0 aliphatic heterocycles. The lowest BCUT2D eigenvalue weighted by atomic mass is 10.2. The minimum Gasteiger partial charge on any atom is -0.369 e. The monoisotopic (exact) mass is 323 g/mol. The van der Waals surface area contributed by atoms with E-state index in [1.165, 1.54) is 18.2 Å². The predicted octanol–water partition coefficient (Wildman–Crippen LogP) is 3.65. The van der Waals surface area contributed by atoms with E-state index in [1.54, 1.807) is 22.8 Å². The van der Waals surface area contributed by atoms with Gasteiger partial charge in [-0.05, 0) is 46.3 Å². The lowest BCUT2D eigenvalue weighted by Crippen LogP contribution is -2.01. The summed E-state index contributed by atoms with van der Waals surface area (Å²) in [4.78, 5) is 4.00. The Labute approximate surface area is 115 Å². The van der Waals surface area contributed by atoms with E-state index in [9.17, 15) is 8.78 Å². The van der Waals surface area contributed by atoms with Crippen LogP contribution in [0.25, 0.3) is 16.7 Å². The Hall–Kier alpha value is -1.95. The van der Waals surface area contributed by atoms with E-state index in [4.69, 9.17) is 5.73 Å². The standard InChI is InChI=1S/C13H8BrF2N3/c14-8-6-7(15)4-5-10(8)19-11-3-1-2-9(16)12(11)18-13(19)17/h1-6H,(H2,17,18). The van der Waals surface area contributed by atoms with Crippen LogP contribution in [0.5, 0.6) is 0 Å². The van der Waals surface area contributed by atoms with Gasteiger partial charge in [-0.3, -0.25) is 4.57 Å². The minimum absolute atomic E-state index is 0.146. The maximum atomic E-state index is 13.7. The molecule has 1 aromatic heterocycles. The van der Waals surface area contributed by atoms with Gasteiger partial charge in [0.2, 0.25) is 5.95 Å². The van der Waals surface area contributed by atoms with Gasteiger partial charge in [-0.25, -0.2) is 13.8 Å². The van der Waals surface area contributed by atoms with Crippen LogP contribution in [-0.4, -0.2) is 9.55 Å². The van der Waals surface area contributed by atoms with Gasteiger partial charge < -0.3 is 5.73 Å². The average Bonchev–Trinajstić information content (AvgIpc) is 2.68. The molecule has 0 spiro atoms. The number of imidazole rings is 1. The van der Waals surface area contributed by atoms with Crippen LogP contribution in [0, 0.1) is 11.6 Å². The first-order valence-electron chi connectivity index (χ1n) is 5.46. The summed E-state index contributed by atoms with van der Waals surface area (Å²) in [6.45, 7) is 0. The smallest absolute Gasteiger partial charge is 0.206 e. The van der Waals surface area contributed by atoms with Crippen molar-refractivity contribution in [2.24, 2.45) is 0 Å². The van der Waals surface area contributed by atoms with Gasteiger partial charge in [0.25, 0.3) is 0 Å². The molecule has 19 heavy (non-hydrogen) atoms. The molecule has 6 heteroatoms. The van der Waals surface area contributed by atoms with Crippen LogP contribution in [0.1, 0.15) is 0 Å². The summed E-state index contributed by atoms with van der Waals surface area (Å²) in [7, 11) is 0. The third kappa shape index (κ3) is 1.88. The molecule has 0 aliphatic rings. The van der Waals surface area contributed by atoms with Gasteiger partial charge >= 0.3 is 0 Å². The lowest BCUT2D eigenvalue weighted by Gasteiger charge is -2.08. The third-order valence-corrected chi connectivity index (χ3v) is 3.45. The summed E-state index contributed by atoms with van der Waals surface area (Å²) < 4.78 is 28.9. The van der Waals surface area contributed by atoms with E-state index >= 15 is 0 Å². The van der Waals surface area contributed by atoms with Gasteiger partial charge in [0.05, 0.1) is 11.2 Å². The molecule has 0 amide bonds. The van der Waals surface area contributed by atoms with Gasteiger partial charge in [0.1, 0.15) is 11.3 Å². The summed E-state index contributed by atoms with van der Waals surface area (Å²) in [5.41, 5.74) is 7.16. The number of fused-ring (bicyclic) bond motifs is 1. The zero-order valence-electron chi connectivity index (χ0n) is 9.57. The third-order valence-electron chi connectivity index (χ3n) is 2.81. The van der Waals surface area contributed by atoms with Crippen molar-refractivity contribution in [3.63, 3.8) is 0 Å². The number of hydrogen-bond donors (Lipinski definition) is 1. The molecule has 0 bridgehead atoms. The van der Waals surface area contributed by atoms with Crippen molar-refractivity contribution >= 4 is 32.9 Å². The van der Waals surface area contributed by atoms with E-state index in [0.29, 0.717) is 15.7 Å². The Bertz CT molecular complexity index is 783. The highest BCUT2D eigenvalue weighted by Crippen LogP contribution is 2.29. The molecule has 0 atom stereocenters. The molecule has 2 aromatic carbocycles. The van der Waals surface area contributed by atoms with Gasteiger partial charge in [-0.2, -0.15) is 0 Å². The second-order valence-corrected chi connectivity index (χ2v) is 4.86. The molecule has 2 N–H and O–H groups in total. The van der Waals surface area contributed by atoms with Crippen LogP contribution in [0.3, 0.4) is 0 Å². The van der Waals surface area contributed by atoms with Crippen molar-refractivity contribution in [1.29, 1.82) is 0 Å². The Morgan fingerprint density at radius 1 is 1.16 bits per heavy atom. The zero-order chi connectivity index (χ0) is 13.6. The van der Waals surface area contributed by atoms with E-state index < -0.39 is 5.82 Å². The minimum atomic E-state index is -0.443. The largest absolute Gasteiger partial charge is 0.369 e. The van der Waals surface area contributed by atoms with Crippen LogP contribution in [0.2, 0.25) is 0 Å². The summed E-state index contributed by atoms with van der Waals surface area (Å²) in [6.07, 6.45) is 0. The first-order chi connectivity index (χ1) is 9.08. The number of para-hydroxylation sites is 1. The molecule has 3 aromatic rings. The topological polar surface area (TPSA) is 43.8 Å². The summed E-state index contributed by atoms with van der Waals surface area (Å²) in [5.74, 6) is -0.668. The fourth-order valence-electron chi connectivity index (χ4n) is 2.00. The zero-order valence-corrected chi connectivity index (χ0v) is 11.2. The normalized spacial score (nSPS) is 11.1. The SMILES string of the molecule is Nc1nc2c(F)cccc2n1-c1ccc(F)cc1Br. The number of hydrogen-bond acceptors (Lipinski definition) is 2. The number of benzene rings is 2. The second-order valence-electron chi connectivity index (χ2n) is 4.01. The maximum Gasteiger partial charge on any atom is 0.206 e. The van der Waals surface area contributed by atoms with Crippen LogP contribution in [0.15, 0.2) is 40.9 Å². The fourth-order valence-corrected chi connectivity index (χ4v) is 2.53. The molecular formula is C13H8BrF2N3. The Morgan fingerprint density at radius 2 is 1.95 bits per heavy atom. The molecule has 0 saturated carbocycles. The molecule has 0 aliphatic carbocycles. The summed E-state index contributed by atoms with van der Waals surface area (Å²) in [6, 6.07) is 8.79. The number of nitrogen functional groups attached to an aromatic ring is 1. The van der Waals surface area contributed by atoms with Crippen molar-refractivity contribution in [3.8, 4) is 5.69 Å². The molecule has 0 radical (unpaired) electrons. The van der Waals surface area contributed by atoms with Crippen LogP contribution >= 0.6 is 15.9 Å². The Kier molecular flexibility index (Phi) is 2.74. The number of nitrogens with zero attached hydrogens (tertiary/aromatic N) is 2. The Balaban J connectivity index is 2.36. The highest BCUT2D eigenvalue weighted by molar-refractivity contribution is 9.10. The van der Waals surface area contributed by atoms with E-state index in [1.807, 2.05) is 0 Å². The van der Waals surface area contributed by atoms with Gasteiger partial charge in [-0.15, -0.1) is 0 Å². The first kappa shape index (κ1) is 12.1. The van der Waals surface area contributed by atoms with E-state index in [0.717, 1.165) is 0 Å². The maximum absolute atomic E-state index is 13.7. The molecular weight excluding hydrogens is 316 g/mol. The van der Waals surface area contributed by atoms with Gasteiger partial charge in [0, 0.05) is 4.47 Å². The number of anilines is 1. The number of rotatable bonds is 1. The molecule has 3 rings (SSSR count). The van der Waals surface area contributed by atoms with Crippen molar-refractivity contribution in [2.45, 2.75) is 0 Å². The molecule has 0 fully saturated rings. The molecule has 0 saturated heterocycles. The van der Waals surface area contributed by atoms with Crippen LogP contribution in [-0.2, 0) is 0 Å². The quantitative estimate of drug-likeness (QED) is 0.742. The van der Waals surface area contributed by atoms with Crippen LogP contribution in [0.4, 0.5) is 14.7 Å². The molecule has 96 valence electrons. The summed E-state index contributed by atoms with van der Waals surface area (Å²) in [5, 5.41) is 0. The van der Waals surface area contributed by atoms with E-state index in [2.05, 4.69) is 20.9 Å². The molecule has 3 nitrogen and oxygen atoms in total. The molecule has 0 unspecified atom stereocenters. The predicted molar refractivity (Wildman–Crippen MR) is 73.1 cm³/mol. The van der Waals surface area contributed by atoms with Crippen molar-refractivity contribution in [1.82, 2.24) is 9.55 Å². The van der Waals surface area contributed by atoms with Crippen molar-refractivity contribution in [2.75, 3.05) is 5.73 Å². The molecule has 1 heterocycles. The number of nitrogens with two attached hydrogens (primary N) is 1. The average molecular weight is 324 g/mol. The highest BCUT2D eigenvalue weighted by Gasteiger charge is 2.15. The highest BCUT2D eigenvalue weighted by atomic mass is 79.9. The lowest BCUT2D eigenvalue weighted by molar-refractivity contribution is 0.626. The summed E-state index contributed by atoms with van der Waals surface area (Å²) >= 11 is 3.27. The fraction of sp³-hybridized carbons (Fsp3) is 0. The Morgan fingerprint density at radius 3 is 2.68 bits per heavy atom. The van der Waals surface area contributed by atoms with Crippen molar-refractivity contribution in [3.05, 3.63) is 52.5 Å². The van der Waals surface area contributed by atoms with Gasteiger partial charge in [0.15, 0.2) is 5.82 Å². The number of halogens is 3. The second kappa shape index (κ2) is 4.31.